The second kappa shape index (κ2) is 11.6. The lowest BCUT2D eigenvalue weighted by atomic mass is 10.1. The van der Waals surface area contributed by atoms with Crippen molar-refractivity contribution in [2.24, 2.45) is 5.92 Å². The molecule has 0 aromatic heterocycles. The highest BCUT2D eigenvalue weighted by Gasteiger charge is 2.09. The second-order valence-electron chi connectivity index (χ2n) is 7.37. The number of rotatable bonds is 6. The van der Waals surface area contributed by atoms with Crippen LogP contribution in [0.1, 0.15) is 41.8 Å². The summed E-state index contributed by atoms with van der Waals surface area (Å²) in [5, 5.41) is 5.19. The molecule has 0 saturated heterocycles. The van der Waals surface area contributed by atoms with Crippen LogP contribution in [0.4, 0.5) is 5.69 Å². The number of anilines is 1. The Morgan fingerprint density at radius 1 is 0.968 bits per heavy atom. The van der Waals surface area contributed by atoms with Crippen molar-refractivity contribution < 1.29 is 14.4 Å². The van der Waals surface area contributed by atoms with Crippen molar-refractivity contribution in [3.8, 4) is 0 Å². The van der Waals surface area contributed by atoms with Crippen molar-refractivity contribution in [2.75, 3.05) is 5.32 Å². The maximum absolute atomic E-state index is 12.2. The third-order valence-corrected chi connectivity index (χ3v) is 4.26. The molecule has 8 heteroatoms. The van der Waals surface area contributed by atoms with Crippen molar-refractivity contribution in [2.45, 2.75) is 27.2 Å². The number of nitrogens with one attached hydrogen (secondary N) is 4. The fourth-order valence-corrected chi connectivity index (χ4v) is 2.66. The molecule has 0 saturated carbocycles. The van der Waals surface area contributed by atoms with E-state index in [0.29, 0.717) is 17.7 Å². The normalized spacial score (nSPS) is 10.6. The molecule has 0 aliphatic heterocycles. The highest BCUT2D eigenvalue weighted by atomic mass is 32.1. The van der Waals surface area contributed by atoms with E-state index in [1.54, 1.807) is 30.3 Å². The van der Waals surface area contributed by atoms with Crippen molar-refractivity contribution >= 4 is 46.8 Å². The molecule has 0 aliphatic rings. The van der Waals surface area contributed by atoms with Gasteiger partial charge < -0.3 is 5.32 Å². The van der Waals surface area contributed by atoms with Crippen LogP contribution in [0.25, 0.3) is 6.08 Å². The highest BCUT2D eigenvalue weighted by Crippen LogP contribution is 2.11. The molecule has 2 aromatic carbocycles. The lowest BCUT2D eigenvalue weighted by Crippen LogP contribution is -2.48. The number of hydrogen-bond acceptors (Lipinski definition) is 4. The zero-order valence-corrected chi connectivity index (χ0v) is 18.5. The molecule has 0 bridgehead atoms. The Morgan fingerprint density at radius 3 is 2.23 bits per heavy atom. The zero-order chi connectivity index (χ0) is 22.8. The summed E-state index contributed by atoms with van der Waals surface area (Å²) in [5.74, 6) is -0.675. The summed E-state index contributed by atoms with van der Waals surface area (Å²) in [6.45, 7) is 5.92. The van der Waals surface area contributed by atoms with E-state index in [9.17, 15) is 14.4 Å². The SMILES string of the molecule is Cc1ccc(/C=C/C(=O)NC(=S)NNC(=O)c2ccc(NC(=O)CC(C)C)cc2)cc1. The Balaban J connectivity index is 1.78. The Labute approximate surface area is 187 Å². The Bertz CT molecular complexity index is 967. The minimum atomic E-state index is -0.438. The van der Waals surface area contributed by atoms with Gasteiger partial charge in [0, 0.05) is 23.7 Å². The van der Waals surface area contributed by atoms with Gasteiger partial charge in [-0.2, -0.15) is 0 Å². The van der Waals surface area contributed by atoms with Crippen LogP contribution in [0.2, 0.25) is 0 Å². The smallest absolute Gasteiger partial charge is 0.269 e. The summed E-state index contributed by atoms with van der Waals surface area (Å²) in [6, 6.07) is 14.1. The lowest BCUT2D eigenvalue weighted by Gasteiger charge is -2.11. The molecule has 0 aliphatic carbocycles. The quantitative estimate of drug-likeness (QED) is 0.315. The highest BCUT2D eigenvalue weighted by molar-refractivity contribution is 7.80. The van der Waals surface area contributed by atoms with Gasteiger partial charge in [0.25, 0.3) is 5.91 Å². The minimum Gasteiger partial charge on any atom is -0.326 e. The fraction of sp³-hybridized carbons (Fsp3) is 0.217. The van der Waals surface area contributed by atoms with E-state index in [1.165, 1.54) is 6.08 Å². The molecule has 0 spiro atoms. The third kappa shape index (κ3) is 8.79. The summed E-state index contributed by atoms with van der Waals surface area (Å²) in [4.78, 5) is 35.9. The van der Waals surface area contributed by atoms with Gasteiger partial charge in [-0.15, -0.1) is 0 Å². The van der Waals surface area contributed by atoms with Crippen LogP contribution in [0.15, 0.2) is 54.6 Å². The van der Waals surface area contributed by atoms with Crippen LogP contribution >= 0.6 is 12.2 Å². The summed E-state index contributed by atoms with van der Waals surface area (Å²) >= 11 is 5.01. The summed E-state index contributed by atoms with van der Waals surface area (Å²) in [5.41, 5.74) is 7.89. The van der Waals surface area contributed by atoms with Gasteiger partial charge in [-0.25, -0.2) is 0 Å². The van der Waals surface area contributed by atoms with Gasteiger partial charge in [0.2, 0.25) is 11.8 Å². The van der Waals surface area contributed by atoms with E-state index in [4.69, 9.17) is 12.2 Å². The first-order valence-corrected chi connectivity index (χ1v) is 10.2. The minimum absolute atomic E-state index is 0.0375. The van der Waals surface area contributed by atoms with Gasteiger partial charge in [-0.05, 0) is 61.0 Å². The van der Waals surface area contributed by atoms with Crippen molar-refractivity contribution in [1.29, 1.82) is 0 Å². The van der Waals surface area contributed by atoms with Crippen molar-refractivity contribution in [1.82, 2.24) is 16.2 Å². The molecular formula is C23H26N4O3S. The Morgan fingerprint density at radius 2 is 1.61 bits per heavy atom. The number of thiocarbonyl (C=S) groups is 1. The average Bonchev–Trinajstić information content (AvgIpc) is 2.71. The molecule has 2 rings (SSSR count). The maximum atomic E-state index is 12.2. The number of carbonyl (C=O) groups is 3. The number of carbonyl (C=O) groups excluding carboxylic acids is 3. The molecule has 2 aromatic rings. The number of amides is 3. The van der Waals surface area contributed by atoms with Gasteiger partial charge in [0.1, 0.15) is 0 Å². The molecule has 0 fully saturated rings. The number of hydrazine groups is 1. The molecule has 31 heavy (non-hydrogen) atoms. The van der Waals surface area contributed by atoms with E-state index in [1.807, 2.05) is 45.0 Å². The van der Waals surface area contributed by atoms with Crippen LogP contribution in [-0.4, -0.2) is 22.8 Å². The van der Waals surface area contributed by atoms with Crippen LogP contribution in [-0.2, 0) is 9.59 Å². The van der Waals surface area contributed by atoms with Gasteiger partial charge in [0.15, 0.2) is 5.11 Å². The Kier molecular flexibility index (Phi) is 8.90. The standard InChI is InChI=1S/C23H26N4O3S/c1-15(2)14-21(29)24-19-11-9-18(10-12-19)22(30)26-27-23(31)25-20(28)13-8-17-6-4-16(3)5-7-17/h4-13,15H,14H2,1-3H3,(H,24,29)(H,26,30)(H2,25,27,28,31)/b13-8+. The van der Waals surface area contributed by atoms with E-state index < -0.39 is 11.8 Å². The molecule has 4 N–H and O–H groups in total. The van der Waals surface area contributed by atoms with E-state index >= 15 is 0 Å². The van der Waals surface area contributed by atoms with Gasteiger partial charge in [-0.1, -0.05) is 43.7 Å². The predicted octanol–water partition coefficient (Wildman–Crippen LogP) is 3.33. The van der Waals surface area contributed by atoms with Gasteiger partial charge >= 0.3 is 0 Å². The van der Waals surface area contributed by atoms with E-state index in [-0.39, 0.29) is 16.9 Å². The number of aryl methyl sites for hydroxylation is 1. The van der Waals surface area contributed by atoms with Crippen molar-refractivity contribution in [3.05, 3.63) is 71.3 Å². The van der Waals surface area contributed by atoms with Crippen LogP contribution in [0.5, 0.6) is 0 Å². The maximum Gasteiger partial charge on any atom is 0.269 e. The first-order valence-electron chi connectivity index (χ1n) is 9.79. The third-order valence-electron chi connectivity index (χ3n) is 4.06. The summed E-state index contributed by atoms with van der Waals surface area (Å²) in [6.07, 6.45) is 3.44. The van der Waals surface area contributed by atoms with Crippen LogP contribution in [0.3, 0.4) is 0 Å². The van der Waals surface area contributed by atoms with E-state index in [2.05, 4.69) is 21.5 Å². The molecular weight excluding hydrogens is 412 g/mol. The predicted molar refractivity (Wildman–Crippen MR) is 126 cm³/mol. The molecule has 0 atom stereocenters. The molecule has 0 radical (unpaired) electrons. The first-order chi connectivity index (χ1) is 14.7. The average molecular weight is 439 g/mol. The van der Waals surface area contributed by atoms with E-state index in [0.717, 1.165) is 11.1 Å². The molecule has 162 valence electrons. The van der Waals surface area contributed by atoms with Crippen molar-refractivity contribution in [3.63, 3.8) is 0 Å². The first kappa shape index (κ1) is 23.8. The summed E-state index contributed by atoms with van der Waals surface area (Å²) < 4.78 is 0. The number of benzene rings is 2. The molecule has 0 unspecified atom stereocenters. The van der Waals surface area contributed by atoms with Crippen LogP contribution < -0.4 is 21.5 Å². The second-order valence-corrected chi connectivity index (χ2v) is 7.77. The molecule has 7 nitrogen and oxygen atoms in total. The van der Waals surface area contributed by atoms with Gasteiger partial charge in [0.05, 0.1) is 0 Å². The van der Waals surface area contributed by atoms with Crippen LogP contribution in [0, 0.1) is 12.8 Å². The van der Waals surface area contributed by atoms with Gasteiger partial charge in [-0.3, -0.25) is 30.6 Å². The topological polar surface area (TPSA) is 99.3 Å². The Hall–Kier alpha value is -3.52. The lowest BCUT2D eigenvalue weighted by molar-refractivity contribution is -0.117. The molecule has 0 heterocycles. The fourth-order valence-electron chi connectivity index (χ4n) is 2.51. The number of hydrogen-bond donors (Lipinski definition) is 4. The monoisotopic (exact) mass is 438 g/mol. The summed E-state index contributed by atoms with van der Waals surface area (Å²) in [7, 11) is 0. The molecule has 3 amide bonds. The largest absolute Gasteiger partial charge is 0.326 e. The zero-order valence-electron chi connectivity index (χ0n) is 17.7.